The van der Waals surface area contributed by atoms with Crippen molar-refractivity contribution in [1.82, 2.24) is 14.9 Å². The normalized spacial score (nSPS) is 14.8. The molecular weight excluding hydrogens is 484 g/mol. The monoisotopic (exact) mass is 514 g/mol. The van der Waals surface area contributed by atoms with E-state index < -0.39 is 12.0 Å². The molecule has 3 N–H and O–H groups in total. The Balaban J connectivity index is 1.29. The number of aromatic carboxylic acids is 1. The topological polar surface area (TPSA) is 126 Å². The molecule has 0 spiro atoms. The molecule has 1 saturated carbocycles. The van der Waals surface area contributed by atoms with Crippen molar-refractivity contribution in [3.05, 3.63) is 72.2 Å². The molecule has 1 atom stereocenters. The van der Waals surface area contributed by atoms with Crippen molar-refractivity contribution in [1.29, 1.82) is 0 Å². The van der Waals surface area contributed by atoms with E-state index >= 15 is 0 Å². The Hall–Kier alpha value is -4.40. The number of rotatable bonds is 8. The van der Waals surface area contributed by atoms with Crippen LogP contribution in [0.1, 0.15) is 72.2 Å². The average Bonchev–Trinajstić information content (AvgIpc) is 3.56. The van der Waals surface area contributed by atoms with Crippen LogP contribution in [0.5, 0.6) is 0 Å². The molecule has 4 aromatic rings. The number of furan rings is 1. The number of hydrogen-bond donors (Lipinski definition) is 3. The van der Waals surface area contributed by atoms with Crippen LogP contribution in [0.4, 0.5) is 5.69 Å². The van der Waals surface area contributed by atoms with E-state index in [1.165, 1.54) is 31.4 Å². The zero-order valence-electron chi connectivity index (χ0n) is 21.1. The fourth-order valence-corrected chi connectivity index (χ4v) is 5.12. The van der Waals surface area contributed by atoms with Crippen molar-refractivity contribution in [2.75, 3.05) is 5.32 Å². The summed E-state index contributed by atoms with van der Waals surface area (Å²) in [5.74, 6) is -0.849. The number of aromatic nitrogens is 2. The van der Waals surface area contributed by atoms with Crippen molar-refractivity contribution in [2.45, 2.75) is 57.5 Å². The third-order valence-electron chi connectivity index (χ3n) is 6.93. The maximum absolute atomic E-state index is 13.0. The Morgan fingerprint density at radius 3 is 2.63 bits per heavy atom. The zero-order chi connectivity index (χ0) is 26.6. The first-order valence-electron chi connectivity index (χ1n) is 12.9. The molecular formula is C29H30N4O5. The standard InChI is InChI=1S/C29H30N4O5/c1-18(14-26(34)31-22-7-5-6-20(15-22)29(36)37)30-28(35)19-10-11-25-24(16-19)32-27(21-12-13-38-17-21)33(25)23-8-3-2-4-9-23/h5-7,10-13,15-18,23H,2-4,8-9,14H2,1H3,(H,30,35)(H,31,34)(H,36,37). The summed E-state index contributed by atoms with van der Waals surface area (Å²) in [6.45, 7) is 1.75. The van der Waals surface area contributed by atoms with E-state index in [9.17, 15) is 14.4 Å². The first-order chi connectivity index (χ1) is 18.4. The van der Waals surface area contributed by atoms with Gasteiger partial charge in [-0.05, 0) is 62.2 Å². The number of amides is 2. The number of carbonyl (C=O) groups is 3. The molecule has 38 heavy (non-hydrogen) atoms. The highest BCUT2D eigenvalue weighted by atomic mass is 16.4. The Labute approximate surface area is 219 Å². The lowest BCUT2D eigenvalue weighted by atomic mass is 9.95. The van der Waals surface area contributed by atoms with Gasteiger partial charge in [-0.15, -0.1) is 0 Å². The van der Waals surface area contributed by atoms with Crippen LogP contribution in [0, 0.1) is 0 Å². The third-order valence-corrected chi connectivity index (χ3v) is 6.93. The molecule has 1 fully saturated rings. The van der Waals surface area contributed by atoms with Crippen LogP contribution in [0.2, 0.25) is 0 Å². The van der Waals surface area contributed by atoms with Gasteiger partial charge in [0, 0.05) is 29.8 Å². The summed E-state index contributed by atoms with van der Waals surface area (Å²) in [6, 6.07) is 13.4. The van der Waals surface area contributed by atoms with Gasteiger partial charge in [0.15, 0.2) is 0 Å². The molecule has 2 aromatic heterocycles. The quantitative estimate of drug-likeness (QED) is 0.279. The summed E-state index contributed by atoms with van der Waals surface area (Å²) in [6.07, 6.45) is 9.18. The number of nitrogens with zero attached hydrogens (tertiary/aromatic N) is 2. The Morgan fingerprint density at radius 2 is 1.89 bits per heavy atom. The molecule has 5 rings (SSSR count). The van der Waals surface area contributed by atoms with Crippen LogP contribution >= 0.6 is 0 Å². The lowest BCUT2D eigenvalue weighted by Crippen LogP contribution is -2.35. The molecule has 9 heteroatoms. The zero-order valence-corrected chi connectivity index (χ0v) is 21.1. The van der Waals surface area contributed by atoms with Gasteiger partial charge in [0.25, 0.3) is 5.91 Å². The number of nitrogens with one attached hydrogen (secondary N) is 2. The van der Waals surface area contributed by atoms with E-state index in [0.717, 1.165) is 35.3 Å². The minimum Gasteiger partial charge on any atom is -0.478 e. The fourth-order valence-electron chi connectivity index (χ4n) is 5.12. The number of fused-ring (bicyclic) bond motifs is 1. The van der Waals surface area contributed by atoms with Gasteiger partial charge in [-0.1, -0.05) is 25.3 Å². The predicted octanol–water partition coefficient (Wildman–Crippen LogP) is 5.65. The van der Waals surface area contributed by atoms with Gasteiger partial charge in [0.05, 0.1) is 28.4 Å². The maximum atomic E-state index is 13.0. The minimum absolute atomic E-state index is 0.0340. The fraction of sp³-hybridized carbons (Fsp3) is 0.310. The van der Waals surface area contributed by atoms with Crippen molar-refractivity contribution < 1.29 is 23.9 Å². The molecule has 1 unspecified atom stereocenters. The molecule has 196 valence electrons. The molecule has 2 heterocycles. The summed E-state index contributed by atoms with van der Waals surface area (Å²) in [4.78, 5) is 41.5. The van der Waals surface area contributed by atoms with Crippen molar-refractivity contribution in [2.24, 2.45) is 0 Å². The Kier molecular flexibility index (Phi) is 7.26. The second kappa shape index (κ2) is 10.9. The number of anilines is 1. The number of carboxylic acids is 1. The van der Waals surface area contributed by atoms with Gasteiger partial charge in [-0.3, -0.25) is 9.59 Å². The third kappa shape index (κ3) is 5.46. The number of benzene rings is 2. The summed E-state index contributed by atoms with van der Waals surface area (Å²) in [5, 5.41) is 14.7. The van der Waals surface area contributed by atoms with Crippen LogP contribution in [0.25, 0.3) is 22.4 Å². The summed E-state index contributed by atoms with van der Waals surface area (Å²) >= 11 is 0. The van der Waals surface area contributed by atoms with Gasteiger partial charge < -0.3 is 24.7 Å². The first kappa shape index (κ1) is 25.3. The van der Waals surface area contributed by atoms with Gasteiger partial charge >= 0.3 is 5.97 Å². The Bertz CT molecular complexity index is 1470. The minimum atomic E-state index is -1.07. The largest absolute Gasteiger partial charge is 0.478 e. The van der Waals surface area contributed by atoms with Gasteiger partial charge in [-0.2, -0.15) is 0 Å². The van der Waals surface area contributed by atoms with Crippen molar-refractivity contribution >= 4 is 34.5 Å². The molecule has 0 bridgehead atoms. The molecule has 9 nitrogen and oxygen atoms in total. The summed E-state index contributed by atoms with van der Waals surface area (Å²) in [7, 11) is 0. The highest BCUT2D eigenvalue weighted by molar-refractivity contribution is 5.99. The van der Waals surface area contributed by atoms with E-state index in [4.69, 9.17) is 14.5 Å². The highest BCUT2D eigenvalue weighted by Crippen LogP contribution is 2.36. The van der Waals surface area contributed by atoms with Gasteiger partial charge in [0.1, 0.15) is 12.1 Å². The molecule has 2 aromatic carbocycles. The number of imidazole rings is 1. The van der Waals surface area contributed by atoms with Crippen LogP contribution < -0.4 is 10.6 Å². The molecule has 0 saturated heterocycles. The van der Waals surface area contributed by atoms with E-state index in [-0.39, 0.29) is 23.8 Å². The second-order valence-corrected chi connectivity index (χ2v) is 9.83. The SMILES string of the molecule is CC(CC(=O)Nc1cccc(C(=O)O)c1)NC(=O)c1ccc2c(c1)nc(-c1ccoc1)n2C1CCCCC1. The predicted molar refractivity (Wildman–Crippen MR) is 143 cm³/mol. The number of carboxylic acid groups (broad SMARTS) is 1. The molecule has 1 aliphatic carbocycles. The smallest absolute Gasteiger partial charge is 0.335 e. The lowest BCUT2D eigenvalue weighted by Gasteiger charge is -2.25. The first-order valence-corrected chi connectivity index (χ1v) is 12.9. The van der Waals surface area contributed by atoms with Crippen LogP contribution in [-0.4, -0.2) is 38.5 Å². The molecule has 0 radical (unpaired) electrons. The van der Waals surface area contributed by atoms with Crippen LogP contribution in [0.15, 0.2) is 65.5 Å². The number of hydrogen-bond acceptors (Lipinski definition) is 5. The van der Waals surface area contributed by atoms with Gasteiger partial charge in [0.2, 0.25) is 5.91 Å². The van der Waals surface area contributed by atoms with E-state index in [2.05, 4.69) is 15.2 Å². The second-order valence-electron chi connectivity index (χ2n) is 9.83. The van der Waals surface area contributed by atoms with E-state index in [0.29, 0.717) is 17.3 Å². The summed E-state index contributed by atoms with van der Waals surface area (Å²) < 4.78 is 7.61. The molecule has 2 amide bonds. The lowest BCUT2D eigenvalue weighted by molar-refractivity contribution is -0.116. The maximum Gasteiger partial charge on any atom is 0.335 e. The van der Waals surface area contributed by atoms with E-state index in [1.807, 2.05) is 12.1 Å². The van der Waals surface area contributed by atoms with Gasteiger partial charge in [-0.25, -0.2) is 9.78 Å². The van der Waals surface area contributed by atoms with Crippen LogP contribution in [-0.2, 0) is 4.79 Å². The molecule has 1 aliphatic rings. The summed E-state index contributed by atoms with van der Waals surface area (Å²) in [5.41, 5.74) is 3.57. The van der Waals surface area contributed by atoms with E-state index in [1.54, 1.807) is 43.7 Å². The Morgan fingerprint density at radius 1 is 1.08 bits per heavy atom. The number of carbonyl (C=O) groups excluding carboxylic acids is 2. The molecule has 0 aliphatic heterocycles. The average molecular weight is 515 g/mol. The highest BCUT2D eigenvalue weighted by Gasteiger charge is 2.24. The van der Waals surface area contributed by atoms with Crippen molar-refractivity contribution in [3.63, 3.8) is 0 Å². The van der Waals surface area contributed by atoms with Crippen LogP contribution in [0.3, 0.4) is 0 Å². The van der Waals surface area contributed by atoms with Crippen molar-refractivity contribution in [3.8, 4) is 11.4 Å².